The van der Waals surface area contributed by atoms with Crippen LogP contribution in [0.3, 0.4) is 0 Å². The summed E-state index contributed by atoms with van der Waals surface area (Å²) in [6, 6.07) is 5.22. The Hall–Kier alpha value is -2.44. The van der Waals surface area contributed by atoms with Gasteiger partial charge in [0.15, 0.2) is 0 Å². The van der Waals surface area contributed by atoms with Crippen LogP contribution < -0.4 is 5.32 Å². The van der Waals surface area contributed by atoms with Crippen molar-refractivity contribution in [2.75, 3.05) is 11.9 Å². The molecule has 1 aromatic heterocycles. The number of aromatic nitrogens is 3. The Kier molecular flexibility index (Phi) is 4.52. The summed E-state index contributed by atoms with van der Waals surface area (Å²) in [6.45, 7) is 6.89. The van der Waals surface area contributed by atoms with E-state index in [0.29, 0.717) is 24.6 Å². The maximum absolute atomic E-state index is 11.2. The monoisotopic (exact) mass is 289 g/mol. The van der Waals surface area contributed by atoms with Gasteiger partial charge in [-0.05, 0) is 31.9 Å². The summed E-state index contributed by atoms with van der Waals surface area (Å²) in [4.78, 5) is 15.1. The van der Waals surface area contributed by atoms with Crippen LogP contribution in [0.1, 0.15) is 30.6 Å². The van der Waals surface area contributed by atoms with Gasteiger partial charge in [-0.1, -0.05) is 13.0 Å². The van der Waals surface area contributed by atoms with Gasteiger partial charge in [0.25, 0.3) is 5.69 Å². The molecule has 112 valence electrons. The molecule has 2 rings (SSSR count). The third kappa shape index (κ3) is 3.56. The van der Waals surface area contributed by atoms with Crippen LogP contribution in [-0.2, 0) is 6.54 Å². The molecule has 7 nitrogen and oxygen atoms in total. The second-order valence-electron chi connectivity index (χ2n) is 4.90. The second kappa shape index (κ2) is 6.34. The Labute approximate surface area is 123 Å². The molecule has 1 aromatic carbocycles. The molecule has 2 aromatic rings. The molecule has 0 saturated heterocycles. The molecular formula is C14H19N5O2. The molecule has 0 radical (unpaired) electrons. The summed E-state index contributed by atoms with van der Waals surface area (Å²) >= 11 is 0. The molecule has 7 heteroatoms. The summed E-state index contributed by atoms with van der Waals surface area (Å²) in [5.74, 6) is 1.49. The van der Waals surface area contributed by atoms with Crippen LogP contribution in [0, 0.1) is 24.0 Å². The van der Waals surface area contributed by atoms with E-state index < -0.39 is 0 Å². The van der Waals surface area contributed by atoms with E-state index in [1.54, 1.807) is 16.8 Å². The van der Waals surface area contributed by atoms with E-state index in [0.717, 1.165) is 17.8 Å². The lowest BCUT2D eigenvalue weighted by atomic mass is 10.1. The van der Waals surface area contributed by atoms with Gasteiger partial charge in [-0.25, -0.2) is 9.67 Å². The highest BCUT2D eigenvalue weighted by molar-refractivity contribution is 5.62. The normalized spacial score (nSPS) is 10.6. The summed E-state index contributed by atoms with van der Waals surface area (Å²) in [5, 5.41) is 18.5. The van der Waals surface area contributed by atoms with Gasteiger partial charge >= 0.3 is 0 Å². The number of benzene rings is 1. The van der Waals surface area contributed by atoms with E-state index in [4.69, 9.17) is 0 Å². The SMILES string of the molecule is CCCNc1ccc(Cn2nc(C)nc2C)cc1[N+](=O)[O-]. The first kappa shape index (κ1) is 15.0. The average molecular weight is 289 g/mol. The van der Waals surface area contributed by atoms with Crippen molar-refractivity contribution in [1.82, 2.24) is 14.8 Å². The van der Waals surface area contributed by atoms with Gasteiger partial charge in [0.2, 0.25) is 0 Å². The lowest BCUT2D eigenvalue weighted by Gasteiger charge is -2.08. The largest absolute Gasteiger partial charge is 0.380 e. The summed E-state index contributed by atoms with van der Waals surface area (Å²) in [7, 11) is 0. The van der Waals surface area contributed by atoms with E-state index in [-0.39, 0.29) is 10.6 Å². The first-order valence-corrected chi connectivity index (χ1v) is 6.90. The molecule has 0 bridgehead atoms. The minimum Gasteiger partial charge on any atom is -0.380 e. The smallest absolute Gasteiger partial charge is 0.292 e. The predicted octanol–water partition coefficient (Wildman–Crippen LogP) is 2.67. The minimum absolute atomic E-state index is 0.0930. The van der Waals surface area contributed by atoms with Crippen molar-refractivity contribution >= 4 is 11.4 Å². The number of nitro groups is 1. The first-order chi connectivity index (χ1) is 10.0. The molecule has 1 N–H and O–H groups in total. The lowest BCUT2D eigenvalue weighted by Crippen LogP contribution is -2.07. The molecular weight excluding hydrogens is 270 g/mol. The van der Waals surface area contributed by atoms with E-state index in [2.05, 4.69) is 15.4 Å². The summed E-state index contributed by atoms with van der Waals surface area (Å²) in [6.07, 6.45) is 0.913. The topological polar surface area (TPSA) is 85.9 Å². The number of aryl methyl sites for hydroxylation is 2. The fourth-order valence-electron chi connectivity index (χ4n) is 2.12. The van der Waals surface area contributed by atoms with Crippen LogP contribution in [-0.4, -0.2) is 26.2 Å². The molecule has 0 saturated carbocycles. The molecule has 0 aliphatic carbocycles. The van der Waals surface area contributed by atoms with Gasteiger partial charge in [0.05, 0.1) is 11.5 Å². The quantitative estimate of drug-likeness (QED) is 0.652. The Balaban J connectivity index is 2.27. The molecule has 1 heterocycles. The summed E-state index contributed by atoms with van der Waals surface area (Å²) in [5.41, 5.74) is 1.48. The van der Waals surface area contributed by atoms with Crippen molar-refractivity contribution in [1.29, 1.82) is 0 Å². The Morgan fingerprint density at radius 1 is 1.38 bits per heavy atom. The number of nitro benzene ring substituents is 1. The third-order valence-corrected chi connectivity index (χ3v) is 3.12. The molecule has 0 atom stereocenters. The van der Waals surface area contributed by atoms with Crippen molar-refractivity contribution in [3.63, 3.8) is 0 Å². The highest BCUT2D eigenvalue weighted by atomic mass is 16.6. The molecule has 21 heavy (non-hydrogen) atoms. The fourth-order valence-corrected chi connectivity index (χ4v) is 2.12. The molecule has 0 aliphatic rings. The number of nitrogens with one attached hydrogen (secondary N) is 1. The zero-order valence-corrected chi connectivity index (χ0v) is 12.5. The number of hydrogen-bond acceptors (Lipinski definition) is 5. The van der Waals surface area contributed by atoms with Gasteiger partial charge < -0.3 is 5.32 Å². The Morgan fingerprint density at radius 2 is 2.14 bits per heavy atom. The lowest BCUT2D eigenvalue weighted by molar-refractivity contribution is -0.384. The van der Waals surface area contributed by atoms with E-state index in [9.17, 15) is 10.1 Å². The van der Waals surface area contributed by atoms with E-state index in [1.807, 2.05) is 26.8 Å². The van der Waals surface area contributed by atoms with Crippen LogP contribution in [0.4, 0.5) is 11.4 Å². The van der Waals surface area contributed by atoms with Gasteiger partial charge in [-0.15, -0.1) is 0 Å². The maximum atomic E-state index is 11.2. The Morgan fingerprint density at radius 3 is 2.71 bits per heavy atom. The Bertz CT molecular complexity index is 651. The standard InChI is InChI=1S/C14H19N5O2/c1-4-7-15-13-6-5-12(8-14(13)19(20)21)9-18-11(3)16-10(2)17-18/h5-6,8,15H,4,7,9H2,1-3H3. The van der Waals surface area contributed by atoms with Crippen molar-refractivity contribution in [2.24, 2.45) is 0 Å². The molecule has 0 amide bonds. The van der Waals surface area contributed by atoms with Crippen LogP contribution >= 0.6 is 0 Å². The third-order valence-electron chi connectivity index (χ3n) is 3.12. The minimum atomic E-state index is -0.360. The van der Waals surface area contributed by atoms with E-state index in [1.165, 1.54) is 0 Å². The summed E-state index contributed by atoms with van der Waals surface area (Å²) < 4.78 is 1.74. The maximum Gasteiger partial charge on any atom is 0.292 e. The number of nitrogens with zero attached hydrogens (tertiary/aromatic N) is 4. The van der Waals surface area contributed by atoms with Crippen LogP contribution in [0.2, 0.25) is 0 Å². The average Bonchev–Trinajstić information content (AvgIpc) is 2.75. The molecule has 0 spiro atoms. The first-order valence-electron chi connectivity index (χ1n) is 6.90. The van der Waals surface area contributed by atoms with Crippen LogP contribution in [0.5, 0.6) is 0 Å². The van der Waals surface area contributed by atoms with Gasteiger partial charge in [0.1, 0.15) is 17.3 Å². The molecule has 0 unspecified atom stereocenters. The van der Waals surface area contributed by atoms with Crippen molar-refractivity contribution < 1.29 is 4.92 Å². The number of anilines is 1. The fraction of sp³-hybridized carbons (Fsp3) is 0.429. The highest BCUT2D eigenvalue weighted by Gasteiger charge is 2.15. The second-order valence-corrected chi connectivity index (χ2v) is 4.90. The van der Waals surface area contributed by atoms with Gasteiger partial charge in [-0.3, -0.25) is 10.1 Å². The number of rotatable bonds is 6. The van der Waals surface area contributed by atoms with Crippen molar-refractivity contribution in [3.8, 4) is 0 Å². The zero-order valence-electron chi connectivity index (χ0n) is 12.5. The highest BCUT2D eigenvalue weighted by Crippen LogP contribution is 2.26. The van der Waals surface area contributed by atoms with Crippen LogP contribution in [0.25, 0.3) is 0 Å². The predicted molar refractivity (Wildman–Crippen MR) is 80.5 cm³/mol. The van der Waals surface area contributed by atoms with Crippen molar-refractivity contribution in [2.45, 2.75) is 33.7 Å². The van der Waals surface area contributed by atoms with Gasteiger partial charge in [0, 0.05) is 12.6 Å². The zero-order chi connectivity index (χ0) is 15.4. The van der Waals surface area contributed by atoms with Crippen LogP contribution in [0.15, 0.2) is 18.2 Å². The van der Waals surface area contributed by atoms with E-state index >= 15 is 0 Å². The molecule has 0 fully saturated rings. The van der Waals surface area contributed by atoms with Gasteiger partial charge in [-0.2, -0.15) is 5.10 Å². The molecule has 0 aliphatic heterocycles. The number of hydrogen-bond donors (Lipinski definition) is 1. The van der Waals surface area contributed by atoms with Crippen molar-refractivity contribution in [3.05, 3.63) is 45.5 Å².